The van der Waals surface area contributed by atoms with E-state index in [1.165, 1.54) is 0 Å². The lowest BCUT2D eigenvalue weighted by Crippen LogP contribution is -2.50. The molecule has 2 aromatic rings. The predicted octanol–water partition coefficient (Wildman–Crippen LogP) is 8.35. The van der Waals surface area contributed by atoms with Gasteiger partial charge in [0, 0.05) is 33.0 Å². The summed E-state index contributed by atoms with van der Waals surface area (Å²) in [6.45, 7) is 10.8. The molecule has 44 heavy (non-hydrogen) atoms. The zero-order chi connectivity index (χ0) is 31.9. The smallest absolute Gasteiger partial charge is 0.395 e. The highest BCUT2D eigenvalue weighted by molar-refractivity contribution is 7.49. The van der Waals surface area contributed by atoms with Gasteiger partial charge in [-0.2, -0.15) is 0 Å². The summed E-state index contributed by atoms with van der Waals surface area (Å²) in [5.74, 6) is 0.534. The van der Waals surface area contributed by atoms with E-state index in [1.807, 2.05) is 12.1 Å². The number of hydrogen-bond acceptors (Lipinski definition) is 9. The van der Waals surface area contributed by atoms with Crippen LogP contribution in [0, 0.1) is 0 Å². The fourth-order valence-electron chi connectivity index (χ4n) is 4.22. The van der Waals surface area contributed by atoms with Crippen molar-refractivity contribution in [3.05, 3.63) is 60.7 Å². The number of aliphatic hydroxyl groups is 1. The van der Waals surface area contributed by atoms with E-state index >= 15 is 0 Å². The second-order valence-corrected chi connectivity index (χ2v) is 12.1. The van der Waals surface area contributed by atoms with Crippen molar-refractivity contribution in [1.82, 2.24) is 0 Å². The van der Waals surface area contributed by atoms with Crippen LogP contribution in [0.2, 0.25) is 0 Å². The van der Waals surface area contributed by atoms with Gasteiger partial charge in [0.05, 0.1) is 6.10 Å². The zero-order valence-corrected chi connectivity index (χ0v) is 28.0. The van der Waals surface area contributed by atoms with Crippen LogP contribution in [0.25, 0.3) is 0 Å². The van der Waals surface area contributed by atoms with Gasteiger partial charge >= 0.3 is 7.82 Å². The molecular formula is C34H55O9P. The SMILES string of the molecule is CCCCOCC[C@@H](OCCCC)[C@H](OCCCC)C(OCCCC)[C@H](O)OP(=O)(Oc1ccccc1)Oc1ccccc1. The summed E-state index contributed by atoms with van der Waals surface area (Å²) >= 11 is 0. The highest BCUT2D eigenvalue weighted by atomic mass is 31.2. The average molecular weight is 639 g/mol. The Morgan fingerprint density at radius 2 is 1.07 bits per heavy atom. The molecule has 0 bridgehead atoms. The number of benzene rings is 2. The Kier molecular flexibility index (Phi) is 20.3. The van der Waals surface area contributed by atoms with Gasteiger partial charge in [0.1, 0.15) is 23.7 Å². The molecule has 1 unspecified atom stereocenters. The zero-order valence-electron chi connectivity index (χ0n) is 27.1. The van der Waals surface area contributed by atoms with Crippen LogP contribution in [-0.4, -0.2) is 62.7 Å². The number of para-hydroxylation sites is 2. The Bertz CT molecular complexity index is 949. The standard InChI is InChI=1S/C34H55O9P/c1-5-9-24-37-28-23-31(38-25-10-6-2)32(39-26-11-7-3)33(40-27-12-8-4)34(35)43-44(36,41-29-19-15-13-16-20-29)42-30-21-17-14-18-22-30/h13-22,31-35H,5-12,23-28H2,1-4H3/t31-,32+,33?,34-/m1/s1. The van der Waals surface area contributed by atoms with Gasteiger partial charge in [-0.15, -0.1) is 0 Å². The summed E-state index contributed by atoms with van der Waals surface area (Å²) in [5.41, 5.74) is 0. The van der Waals surface area contributed by atoms with E-state index in [-0.39, 0.29) is 11.5 Å². The van der Waals surface area contributed by atoms with Crippen molar-refractivity contribution in [2.45, 2.75) is 110 Å². The van der Waals surface area contributed by atoms with E-state index in [0.717, 1.165) is 51.4 Å². The van der Waals surface area contributed by atoms with Gasteiger partial charge < -0.3 is 33.1 Å². The number of ether oxygens (including phenoxy) is 4. The lowest BCUT2D eigenvalue weighted by molar-refractivity contribution is -0.213. The third-order valence-corrected chi connectivity index (χ3v) is 8.11. The van der Waals surface area contributed by atoms with Gasteiger partial charge in [0.2, 0.25) is 0 Å². The first-order valence-electron chi connectivity index (χ1n) is 16.3. The van der Waals surface area contributed by atoms with Crippen LogP contribution in [0.15, 0.2) is 60.7 Å². The highest BCUT2D eigenvalue weighted by Crippen LogP contribution is 2.51. The molecule has 2 aromatic carbocycles. The Morgan fingerprint density at radius 1 is 0.614 bits per heavy atom. The summed E-state index contributed by atoms with van der Waals surface area (Å²) in [6, 6.07) is 17.1. The van der Waals surface area contributed by atoms with E-state index in [2.05, 4.69) is 27.7 Å². The Hall–Kier alpha value is -1.97. The number of aliphatic hydroxyl groups excluding tert-OH is 1. The maximum Gasteiger partial charge on any atom is 0.590 e. The van der Waals surface area contributed by atoms with Crippen molar-refractivity contribution in [1.29, 1.82) is 0 Å². The molecule has 10 heteroatoms. The van der Waals surface area contributed by atoms with Crippen molar-refractivity contribution in [3.63, 3.8) is 0 Å². The first kappa shape index (κ1) is 38.2. The molecule has 0 amide bonds. The van der Waals surface area contributed by atoms with Gasteiger partial charge in [-0.05, 0) is 56.4 Å². The molecule has 4 atom stereocenters. The van der Waals surface area contributed by atoms with Crippen molar-refractivity contribution >= 4 is 7.82 Å². The Balaban J connectivity index is 2.40. The van der Waals surface area contributed by atoms with Gasteiger partial charge in [-0.3, -0.25) is 0 Å². The second kappa shape index (κ2) is 23.4. The fourth-order valence-corrected chi connectivity index (χ4v) is 5.49. The molecular weight excluding hydrogens is 583 g/mol. The van der Waals surface area contributed by atoms with Crippen LogP contribution in [0.5, 0.6) is 11.5 Å². The molecule has 0 radical (unpaired) electrons. The number of phosphoric acid groups is 1. The molecule has 0 saturated heterocycles. The van der Waals surface area contributed by atoms with Crippen molar-refractivity contribution < 1.29 is 42.2 Å². The lowest BCUT2D eigenvalue weighted by atomic mass is 10.0. The van der Waals surface area contributed by atoms with E-state index in [9.17, 15) is 9.67 Å². The molecule has 2 rings (SSSR count). The molecule has 0 aliphatic heterocycles. The monoisotopic (exact) mass is 638 g/mol. The molecule has 0 spiro atoms. The predicted molar refractivity (Wildman–Crippen MR) is 173 cm³/mol. The molecule has 0 saturated carbocycles. The quantitative estimate of drug-likeness (QED) is 0.0588. The van der Waals surface area contributed by atoms with E-state index < -0.39 is 32.4 Å². The molecule has 0 aliphatic rings. The van der Waals surface area contributed by atoms with Crippen molar-refractivity contribution in [2.75, 3.05) is 33.0 Å². The number of rotatable bonds is 27. The number of hydrogen-bond donors (Lipinski definition) is 1. The maximum absolute atomic E-state index is 14.2. The normalized spacial score (nSPS) is 14.6. The first-order chi connectivity index (χ1) is 21.5. The van der Waals surface area contributed by atoms with E-state index in [1.54, 1.807) is 48.5 Å². The molecule has 0 aliphatic carbocycles. The van der Waals surface area contributed by atoms with E-state index in [0.29, 0.717) is 39.5 Å². The van der Waals surface area contributed by atoms with Crippen LogP contribution in [0.1, 0.15) is 85.5 Å². The summed E-state index contributed by atoms with van der Waals surface area (Å²) in [5, 5.41) is 11.6. The van der Waals surface area contributed by atoms with Gasteiger partial charge in [0.25, 0.3) is 0 Å². The minimum Gasteiger partial charge on any atom is -0.395 e. The number of phosphoric ester groups is 1. The van der Waals surface area contributed by atoms with Crippen molar-refractivity contribution in [3.8, 4) is 11.5 Å². The van der Waals surface area contributed by atoms with Crippen molar-refractivity contribution in [2.24, 2.45) is 0 Å². The molecule has 1 N–H and O–H groups in total. The topological polar surface area (TPSA) is 102 Å². The summed E-state index contributed by atoms with van der Waals surface area (Å²) in [7, 11) is -4.42. The molecule has 0 heterocycles. The molecule has 250 valence electrons. The largest absolute Gasteiger partial charge is 0.590 e. The van der Waals surface area contributed by atoms with Gasteiger partial charge in [0.15, 0.2) is 6.29 Å². The minimum atomic E-state index is -4.42. The third kappa shape index (κ3) is 15.3. The van der Waals surface area contributed by atoms with Crippen LogP contribution >= 0.6 is 7.82 Å². The summed E-state index contributed by atoms with van der Waals surface area (Å²) in [4.78, 5) is 0. The molecule has 0 aromatic heterocycles. The van der Waals surface area contributed by atoms with Gasteiger partial charge in [-0.25, -0.2) is 9.09 Å². The molecule has 9 nitrogen and oxygen atoms in total. The highest BCUT2D eigenvalue weighted by Gasteiger charge is 2.43. The Labute approximate surface area is 265 Å². The number of unbranched alkanes of at least 4 members (excludes halogenated alkanes) is 4. The Morgan fingerprint density at radius 3 is 1.57 bits per heavy atom. The third-order valence-electron chi connectivity index (χ3n) is 6.76. The first-order valence-corrected chi connectivity index (χ1v) is 17.8. The van der Waals surface area contributed by atoms with Crippen LogP contribution < -0.4 is 9.05 Å². The summed E-state index contributed by atoms with van der Waals surface area (Å²) in [6.07, 6.45) is 3.82. The lowest BCUT2D eigenvalue weighted by Gasteiger charge is -2.36. The maximum atomic E-state index is 14.2. The minimum absolute atomic E-state index is 0.267. The average Bonchev–Trinajstić information content (AvgIpc) is 3.02. The van der Waals surface area contributed by atoms with Crippen LogP contribution in [-0.2, 0) is 28.0 Å². The summed E-state index contributed by atoms with van der Waals surface area (Å²) < 4.78 is 56.5. The fraction of sp³-hybridized carbons (Fsp3) is 0.647. The molecule has 0 fully saturated rings. The van der Waals surface area contributed by atoms with Crippen LogP contribution in [0.3, 0.4) is 0 Å². The van der Waals surface area contributed by atoms with E-state index in [4.69, 9.17) is 32.5 Å². The van der Waals surface area contributed by atoms with Gasteiger partial charge in [-0.1, -0.05) is 89.8 Å². The van der Waals surface area contributed by atoms with Crippen LogP contribution in [0.4, 0.5) is 0 Å². The second-order valence-electron chi connectivity index (χ2n) is 10.6.